The van der Waals surface area contributed by atoms with E-state index in [1.807, 2.05) is 6.92 Å². The van der Waals surface area contributed by atoms with E-state index >= 15 is 0 Å². The summed E-state index contributed by atoms with van der Waals surface area (Å²) >= 11 is 0. The Labute approximate surface area is 97.9 Å². The molecule has 0 saturated carbocycles. The van der Waals surface area contributed by atoms with Crippen molar-refractivity contribution in [1.29, 1.82) is 0 Å². The van der Waals surface area contributed by atoms with Crippen LogP contribution in [-0.2, 0) is 0 Å². The molecule has 0 radical (unpaired) electrons. The predicted molar refractivity (Wildman–Crippen MR) is 68.8 cm³/mol. The summed E-state index contributed by atoms with van der Waals surface area (Å²) in [6.45, 7) is 12.3. The van der Waals surface area contributed by atoms with E-state index in [1.54, 1.807) is 0 Å². The molecular formula is C12H22N4. The summed E-state index contributed by atoms with van der Waals surface area (Å²) in [7, 11) is 0. The minimum Gasteiger partial charge on any atom is -0.383 e. The summed E-state index contributed by atoms with van der Waals surface area (Å²) in [4.78, 5) is 11.1. The third-order valence-corrected chi connectivity index (χ3v) is 2.75. The molecule has 90 valence electrons. The van der Waals surface area contributed by atoms with Crippen molar-refractivity contribution in [1.82, 2.24) is 9.97 Å². The topological polar surface area (TPSA) is 55.0 Å². The molecule has 0 bridgehead atoms. The lowest BCUT2D eigenvalue weighted by molar-refractivity contribution is 0.754. The van der Waals surface area contributed by atoms with Crippen molar-refractivity contribution in [2.45, 2.75) is 40.5 Å². The summed E-state index contributed by atoms with van der Waals surface area (Å²) in [6.07, 6.45) is 0. The maximum Gasteiger partial charge on any atom is 0.137 e. The van der Waals surface area contributed by atoms with Crippen molar-refractivity contribution >= 4 is 11.6 Å². The number of anilines is 2. The largest absolute Gasteiger partial charge is 0.383 e. The van der Waals surface area contributed by atoms with Gasteiger partial charge in [0.05, 0.1) is 0 Å². The van der Waals surface area contributed by atoms with Gasteiger partial charge >= 0.3 is 0 Å². The second kappa shape index (κ2) is 5.14. The first-order valence-corrected chi connectivity index (χ1v) is 5.90. The van der Waals surface area contributed by atoms with Gasteiger partial charge in [-0.1, -0.05) is 13.8 Å². The number of hydrogen-bond acceptors (Lipinski definition) is 4. The zero-order valence-electron chi connectivity index (χ0n) is 10.9. The van der Waals surface area contributed by atoms with Gasteiger partial charge in [0.2, 0.25) is 0 Å². The maximum absolute atomic E-state index is 5.93. The Bertz CT molecular complexity index is 356. The van der Waals surface area contributed by atoms with E-state index in [0.717, 1.165) is 30.3 Å². The lowest BCUT2D eigenvalue weighted by Crippen LogP contribution is -2.25. The van der Waals surface area contributed by atoms with Crippen molar-refractivity contribution in [3.05, 3.63) is 11.4 Å². The number of aromatic nitrogens is 2. The van der Waals surface area contributed by atoms with Gasteiger partial charge in [-0.2, -0.15) is 0 Å². The first-order chi connectivity index (χ1) is 7.51. The Morgan fingerprint density at radius 1 is 1.19 bits per heavy atom. The Morgan fingerprint density at radius 2 is 1.75 bits per heavy atom. The zero-order valence-corrected chi connectivity index (χ0v) is 10.9. The smallest absolute Gasteiger partial charge is 0.137 e. The fourth-order valence-corrected chi connectivity index (χ4v) is 1.63. The first kappa shape index (κ1) is 12.7. The Balaban J connectivity index is 3.25. The van der Waals surface area contributed by atoms with E-state index < -0.39 is 0 Å². The van der Waals surface area contributed by atoms with Gasteiger partial charge in [-0.15, -0.1) is 0 Å². The lowest BCUT2D eigenvalue weighted by Gasteiger charge is -2.23. The fourth-order valence-electron chi connectivity index (χ4n) is 1.63. The van der Waals surface area contributed by atoms with Crippen LogP contribution in [0.3, 0.4) is 0 Å². The molecule has 1 rings (SSSR count). The summed E-state index contributed by atoms with van der Waals surface area (Å²) in [5.74, 6) is 2.70. The molecule has 16 heavy (non-hydrogen) atoms. The van der Waals surface area contributed by atoms with E-state index in [9.17, 15) is 0 Å². The van der Waals surface area contributed by atoms with Gasteiger partial charge in [0, 0.05) is 24.6 Å². The first-order valence-electron chi connectivity index (χ1n) is 5.90. The molecule has 0 aromatic carbocycles. The Morgan fingerprint density at radius 3 is 2.19 bits per heavy atom. The number of nitrogen functional groups attached to an aromatic ring is 1. The van der Waals surface area contributed by atoms with Crippen LogP contribution in [0.1, 0.15) is 45.0 Å². The molecule has 0 spiro atoms. The van der Waals surface area contributed by atoms with Crippen LogP contribution >= 0.6 is 0 Å². The molecule has 1 heterocycles. The number of nitrogens with two attached hydrogens (primary N) is 1. The van der Waals surface area contributed by atoms with E-state index in [2.05, 4.69) is 42.6 Å². The molecule has 0 fully saturated rings. The normalized spacial score (nSPS) is 10.9. The minimum absolute atomic E-state index is 0.303. The quantitative estimate of drug-likeness (QED) is 0.849. The van der Waals surface area contributed by atoms with E-state index in [4.69, 9.17) is 5.73 Å². The van der Waals surface area contributed by atoms with Gasteiger partial charge in [-0.25, -0.2) is 9.97 Å². The third-order valence-electron chi connectivity index (χ3n) is 2.75. The van der Waals surface area contributed by atoms with Gasteiger partial charge < -0.3 is 10.6 Å². The minimum atomic E-state index is 0.303. The van der Waals surface area contributed by atoms with Crippen molar-refractivity contribution in [2.24, 2.45) is 0 Å². The molecule has 1 aromatic heterocycles. The summed E-state index contributed by atoms with van der Waals surface area (Å²) in [6, 6.07) is 0. The van der Waals surface area contributed by atoms with E-state index in [-0.39, 0.29) is 0 Å². The van der Waals surface area contributed by atoms with Crippen molar-refractivity contribution in [2.75, 3.05) is 23.7 Å². The van der Waals surface area contributed by atoms with Crippen LogP contribution in [0.15, 0.2) is 0 Å². The highest BCUT2D eigenvalue weighted by molar-refractivity contribution is 5.56. The Kier molecular flexibility index (Phi) is 4.10. The standard InChI is InChI=1S/C12H22N4/c1-6-16(7-2)12-9(5)10(13)14-11(15-12)8(3)4/h8H,6-7H2,1-5H3,(H2,13,14,15). The lowest BCUT2D eigenvalue weighted by atomic mass is 10.2. The number of hydrogen-bond donors (Lipinski definition) is 1. The highest BCUT2D eigenvalue weighted by Crippen LogP contribution is 2.23. The van der Waals surface area contributed by atoms with Crippen molar-refractivity contribution < 1.29 is 0 Å². The predicted octanol–water partition coefficient (Wildman–Crippen LogP) is 2.34. The number of nitrogens with zero attached hydrogens (tertiary/aromatic N) is 3. The summed E-state index contributed by atoms with van der Waals surface area (Å²) in [5.41, 5.74) is 6.91. The van der Waals surface area contributed by atoms with Crippen LogP contribution in [0.5, 0.6) is 0 Å². The SMILES string of the molecule is CCN(CC)c1nc(C(C)C)nc(N)c1C. The molecular weight excluding hydrogens is 200 g/mol. The molecule has 4 nitrogen and oxygen atoms in total. The third kappa shape index (κ3) is 2.43. The molecule has 1 aromatic rings. The van der Waals surface area contributed by atoms with Crippen LogP contribution in [0, 0.1) is 6.92 Å². The summed E-state index contributed by atoms with van der Waals surface area (Å²) < 4.78 is 0. The average Bonchev–Trinajstić information content (AvgIpc) is 2.25. The fraction of sp³-hybridized carbons (Fsp3) is 0.667. The van der Waals surface area contributed by atoms with Crippen molar-refractivity contribution in [3.8, 4) is 0 Å². The van der Waals surface area contributed by atoms with Crippen LogP contribution in [-0.4, -0.2) is 23.1 Å². The van der Waals surface area contributed by atoms with Crippen LogP contribution in [0.2, 0.25) is 0 Å². The molecule has 4 heteroatoms. The molecule has 2 N–H and O–H groups in total. The molecule has 0 saturated heterocycles. The van der Waals surface area contributed by atoms with E-state index in [1.165, 1.54) is 0 Å². The number of rotatable bonds is 4. The van der Waals surface area contributed by atoms with Gasteiger partial charge in [0.25, 0.3) is 0 Å². The Hall–Kier alpha value is -1.32. The zero-order chi connectivity index (χ0) is 12.3. The molecule has 0 aliphatic carbocycles. The highest BCUT2D eigenvalue weighted by atomic mass is 15.2. The molecule has 0 amide bonds. The average molecular weight is 222 g/mol. The van der Waals surface area contributed by atoms with Crippen molar-refractivity contribution in [3.63, 3.8) is 0 Å². The van der Waals surface area contributed by atoms with Gasteiger partial charge in [-0.05, 0) is 20.8 Å². The van der Waals surface area contributed by atoms with Gasteiger partial charge in [-0.3, -0.25) is 0 Å². The molecule has 0 aliphatic heterocycles. The monoisotopic (exact) mass is 222 g/mol. The molecule has 0 unspecified atom stereocenters. The van der Waals surface area contributed by atoms with Gasteiger partial charge in [0.15, 0.2) is 0 Å². The van der Waals surface area contributed by atoms with E-state index in [0.29, 0.717) is 11.7 Å². The summed E-state index contributed by atoms with van der Waals surface area (Å²) in [5, 5.41) is 0. The van der Waals surface area contributed by atoms with Crippen LogP contribution in [0.25, 0.3) is 0 Å². The maximum atomic E-state index is 5.93. The molecule has 0 aliphatic rings. The van der Waals surface area contributed by atoms with Crippen LogP contribution in [0.4, 0.5) is 11.6 Å². The van der Waals surface area contributed by atoms with Crippen LogP contribution < -0.4 is 10.6 Å². The highest BCUT2D eigenvalue weighted by Gasteiger charge is 2.14. The second-order valence-corrected chi connectivity index (χ2v) is 4.24. The van der Waals surface area contributed by atoms with Gasteiger partial charge in [0.1, 0.15) is 17.5 Å². The molecule has 0 atom stereocenters. The second-order valence-electron chi connectivity index (χ2n) is 4.24.